The molecule has 2 aliphatic rings. The van der Waals surface area contributed by atoms with Crippen LogP contribution in [0.3, 0.4) is 0 Å². The van der Waals surface area contributed by atoms with Crippen molar-refractivity contribution in [1.29, 1.82) is 0 Å². The zero-order valence-corrected chi connectivity index (χ0v) is 19.1. The second-order valence-electron chi connectivity index (χ2n) is 9.08. The van der Waals surface area contributed by atoms with Crippen LogP contribution in [0.4, 0.5) is 17.6 Å². The Kier molecular flexibility index (Phi) is 5.16. The summed E-state index contributed by atoms with van der Waals surface area (Å²) in [4.78, 5) is 19.5. The summed E-state index contributed by atoms with van der Waals surface area (Å²) in [6.45, 7) is 0. The molecule has 6 rings (SSSR count). The second-order valence-corrected chi connectivity index (χ2v) is 9.08. The molecule has 0 N–H and O–H groups in total. The van der Waals surface area contributed by atoms with Crippen molar-refractivity contribution in [3.63, 3.8) is 0 Å². The van der Waals surface area contributed by atoms with E-state index >= 15 is 0 Å². The fourth-order valence-corrected chi connectivity index (χ4v) is 5.59. The first kappa shape index (κ1) is 22.4. The van der Waals surface area contributed by atoms with E-state index in [1.54, 1.807) is 18.0 Å². The molecule has 36 heavy (non-hydrogen) atoms. The molecule has 2 aliphatic heterocycles. The van der Waals surface area contributed by atoms with Gasteiger partial charge in [-0.25, -0.2) is 27.2 Å². The quantitative estimate of drug-likeness (QED) is 0.309. The fraction of sp³-hybridized carbons (Fsp3) is 0.280. The third kappa shape index (κ3) is 3.33. The van der Waals surface area contributed by atoms with Crippen molar-refractivity contribution in [2.45, 2.75) is 37.8 Å². The van der Waals surface area contributed by atoms with E-state index in [4.69, 9.17) is 0 Å². The highest BCUT2D eigenvalue weighted by atomic mass is 19.2. The summed E-state index contributed by atoms with van der Waals surface area (Å²) in [6, 6.07) is 5.58. The summed E-state index contributed by atoms with van der Waals surface area (Å²) < 4.78 is 59.2. The van der Waals surface area contributed by atoms with Crippen molar-refractivity contribution >= 4 is 5.91 Å². The number of aryl methyl sites for hydroxylation is 1. The number of para-hydroxylation sites is 1. The number of halogens is 4. The molecule has 7 nitrogen and oxygen atoms in total. The number of benzene rings is 2. The van der Waals surface area contributed by atoms with Crippen molar-refractivity contribution in [3.8, 4) is 16.9 Å². The van der Waals surface area contributed by atoms with Crippen LogP contribution in [0.2, 0.25) is 0 Å². The van der Waals surface area contributed by atoms with Gasteiger partial charge in [0.15, 0.2) is 17.5 Å². The van der Waals surface area contributed by atoms with E-state index in [0.717, 1.165) is 24.1 Å². The van der Waals surface area contributed by atoms with Gasteiger partial charge in [-0.3, -0.25) is 9.48 Å². The largest absolute Gasteiger partial charge is 0.327 e. The number of nitrogens with zero attached hydrogens (tertiary/aromatic N) is 6. The van der Waals surface area contributed by atoms with Gasteiger partial charge in [0, 0.05) is 24.2 Å². The lowest BCUT2D eigenvalue weighted by Gasteiger charge is -2.45. The summed E-state index contributed by atoms with van der Waals surface area (Å²) >= 11 is 0. The maximum atomic E-state index is 14.8. The SMILES string of the molecule is Cn1nc2c(c1-c1cc(F)c(F)c(F)c1)C[C@@H]1CCC[C@H]2N1C(=O)c1cccc(F)c1-n1cncn1. The van der Waals surface area contributed by atoms with Gasteiger partial charge in [0.2, 0.25) is 0 Å². The number of rotatable bonds is 3. The first-order valence-corrected chi connectivity index (χ1v) is 11.5. The molecule has 184 valence electrons. The molecule has 2 aromatic carbocycles. The zero-order chi connectivity index (χ0) is 25.1. The molecule has 0 radical (unpaired) electrons. The van der Waals surface area contributed by atoms with Crippen LogP contribution in [-0.4, -0.2) is 41.4 Å². The third-order valence-corrected chi connectivity index (χ3v) is 7.03. The normalized spacial score (nSPS) is 18.9. The van der Waals surface area contributed by atoms with E-state index < -0.39 is 29.3 Å². The van der Waals surface area contributed by atoms with Crippen LogP contribution in [0.5, 0.6) is 0 Å². The monoisotopic (exact) mass is 496 g/mol. The Labute approximate surface area is 203 Å². The molecule has 1 saturated heterocycles. The van der Waals surface area contributed by atoms with E-state index in [1.807, 2.05) is 0 Å². The van der Waals surface area contributed by atoms with Gasteiger partial charge in [0.05, 0.1) is 23.0 Å². The lowest BCUT2D eigenvalue weighted by atomic mass is 9.81. The van der Waals surface area contributed by atoms with Crippen molar-refractivity contribution in [2.24, 2.45) is 7.05 Å². The van der Waals surface area contributed by atoms with E-state index in [-0.39, 0.29) is 28.8 Å². The Morgan fingerprint density at radius 3 is 2.56 bits per heavy atom. The molecule has 2 bridgehead atoms. The van der Waals surface area contributed by atoms with Crippen molar-refractivity contribution in [2.75, 3.05) is 0 Å². The Balaban J connectivity index is 1.45. The van der Waals surface area contributed by atoms with Gasteiger partial charge in [0.1, 0.15) is 24.2 Å². The number of carbonyl (C=O) groups is 1. The average molecular weight is 496 g/mol. The highest BCUT2D eigenvalue weighted by Gasteiger charge is 2.44. The summed E-state index contributed by atoms with van der Waals surface area (Å²) in [7, 11) is 1.65. The summed E-state index contributed by atoms with van der Waals surface area (Å²) in [5.74, 6) is -5.04. The van der Waals surface area contributed by atoms with E-state index in [9.17, 15) is 22.4 Å². The number of aromatic nitrogens is 5. The van der Waals surface area contributed by atoms with Gasteiger partial charge in [-0.2, -0.15) is 10.2 Å². The van der Waals surface area contributed by atoms with Gasteiger partial charge in [-0.05, 0) is 49.9 Å². The minimum absolute atomic E-state index is 0.0165. The van der Waals surface area contributed by atoms with Crippen LogP contribution in [0, 0.1) is 23.3 Å². The maximum absolute atomic E-state index is 14.8. The molecule has 2 atom stereocenters. The molecule has 0 saturated carbocycles. The summed E-state index contributed by atoms with van der Waals surface area (Å²) in [5.41, 5.74) is 2.24. The third-order valence-electron chi connectivity index (χ3n) is 7.03. The average Bonchev–Trinajstić information content (AvgIpc) is 3.49. The van der Waals surface area contributed by atoms with E-state index in [2.05, 4.69) is 15.2 Å². The summed E-state index contributed by atoms with van der Waals surface area (Å²) in [6.07, 6.45) is 5.19. The van der Waals surface area contributed by atoms with Gasteiger partial charge >= 0.3 is 0 Å². The Morgan fingerprint density at radius 1 is 1.06 bits per heavy atom. The number of carbonyl (C=O) groups excluding carboxylic acids is 1. The Morgan fingerprint density at radius 2 is 1.83 bits per heavy atom. The standard InChI is InChI=1S/C25H20F4N6O/c1-33-23(13-8-18(27)21(29)19(28)9-13)16-10-14-4-2-7-20(22(16)32-33)35(14)25(36)15-5-3-6-17(26)24(15)34-12-30-11-31-34/h3,5-6,8-9,11-12,14,20H,2,4,7,10H2,1H3/t14-,20+/m0/s1. The molecule has 0 aliphatic carbocycles. The molecule has 4 aromatic rings. The minimum Gasteiger partial charge on any atom is -0.327 e. The molecule has 1 amide bonds. The molecular weight excluding hydrogens is 476 g/mol. The number of hydrogen-bond acceptors (Lipinski definition) is 4. The van der Waals surface area contributed by atoms with Crippen LogP contribution >= 0.6 is 0 Å². The maximum Gasteiger partial charge on any atom is 0.256 e. The Hall–Kier alpha value is -4.02. The van der Waals surface area contributed by atoms with Crippen LogP contribution in [0.15, 0.2) is 43.0 Å². The predicted octanol–water partition coefficient (Wildman–Crippen LogP) is 4.52. The van der Waals surface area contributed by atoms with Gasteiger partial charge in [0.25, 0.3) is 5.91 Å². The van der Waals surface area contributed by atoms with Crippen LogP contribution in [0.1, 0.15) is 46.9 Å². The van der Waals surface area contributed by atoms with E-state index in [1.165, 1.54) is 34.2 Å². The molecule has 11 heteroatoms. The fourth-order valence-electron chi connectivity index (χ4n) is 5.59. The van der Waals surface area contributed by atoms with E-state index in [0.29, 0.717) is 30.7 Å². The molecule has 2 aromatic heterocycles. The molecule has 0 unspecified atom stereocenters. The van der Waals surface area contributed by atoms with Gasteiger partial charge in [-0.1, -0.05) is 6.07 Å². The molecule has 4 heterocycles. The number of piperidine rings is 1. The second kappa shape index (κ2) is 8.28. The van der Waals surface area contributed by atoms with Crippen LogP contribution < -0.4 is 0 Å². The minimum atomic E-state index is -1.53. The highest BCUT2D eigenvalue weighted by molar-refractivity contribution is 5.98. The van der Waals surface area contributed by atoms with Gasteiger partial charge in [-0.15, -0.1) is 0 Å². The summed E-state index contributed by atoms with van der Waals surface area (Å²) in [5, 5.41) is 8.63. The Bertz CT molecular complexity index is 1480. The first-order valence-electron chi connectivity index (χ1n) is 11.5. The first-order chi connectivity index (χ1) is 17.3. The smallest absolute Gasteiger partial charge is 0.256 e. The van der Waals surface area contributed by atoms with Gasteiger partial charge < -0.3 is 4.90 Å². The topological polar surface area (TPSA) is 68.8 Å². The number of amides is 1. The van der Waals surface area contributed by atoms with Crippen molar-refractivity contribution in [1.82, 2.24) is 29.4 Å². The lowest BCUT2D eigenvalue weighted by Crippen LogP contribution is -2.50. The zero-order valence-electron chi connectivity index (χ0n) is 19.1. The van der Waals surface area contributed by atoms with Crippen LogP contribution in [-0.2, 0) is 13.5 Å². The molecule has 1 fully saturated rings. The van der Waals surface area contributed by atoms with Crippen molar-refractivity contribution < 1.29 is 22.4 Å². The van der Waals surface area contributed by atoms with Crippen molar-refractivity contribution in [3.05, 3.63) is 83.1 Å². The predicted molar refractivity (Wildman–Crippen MR) is 120 cm³/mol. The number of hydrogen-bond donors (Lipinski definition) is 0. The lowest BCUT2D eigenvalue weighted by molar-refractivity contribution is 0.0391. The van der Waals surface area contributed by atoms with Crippen LogP contribution in [0.25, 0.3) is 16.9 Å². The highest BCUT2D eigenvalue weighted by Crippen LogP contribution is 2.45. The molecule has 0 spiro atoms. The number of fused-ring (bicyclic) bond motifs is 4. The molecular formula is C25H20F4N6O.